The second-order valence-electron chi connectivity index (χ2n) is 6.66. The number of nitrogens with zero attached hydrogens (tertiary/aromatic N) is 2. The minimum atomic E-state index is -0.423. The van der Waals surface area contributed by atoms with Crippen molar-refractivity contribution in [1.29, 1.82) is 0 Å². The molecule has 0 saturated carbocycles. The summed E-state index contributed by atoms with van der Waals surface area (Å²) in [5.74, 6) is -1.17. The lowest BCUT2D eigenvalue weighted by molar-refractivity contribution is 0.0925. The van der Waals surface area contributed by atoms with E-state index >= 15 is 0 Å². The number of imide groups is 1. The van der Waals surface area contributed by atoms with Crippen LogP contribution in [0.25, 0.3) is 0 Å². The number of carbonyl (C=O) groups is 3. The Morgan fingerprint density at radius 1 is 1.04 bits per heavy atom. The number of nitrogens with one attached hydrogen (secondary N) is 1. The zero-order valence-corrected chi connectivity index (χ0v) is 16.4. The molecule has 0 bridgehead atoms. The molecule has 6 nitrogen and oxygen atoms in total. The van der Waals surface area contributed by atoms with Crippen LogP contribution in [0.15, 0.2) is 42.6 Å². The number of anilines is 2. The SMILES string of the molecule is Cc1cnc(NC(=O)c2ccc3c(c2)C(=O)N(c2cccc(C)c2C)C3=O)s1. The Morgan fingerprint density at radius 2 is 1.79 bits per heavy atom. The van der Waals surface area contributed by atoms with E-state index in [0.29, 0.717) is 21.9 Å². The molecule has 1 aromatic heterocycles. The third-order valence-corrected chi connectivity index (χ3v) is 5.64. The van der Waals surface area contributed by atoms with Crippen molar-refractivity contribution in [1.82, 2.24) is 4.98 Å². The highest BCUT2D eigenvalue weighted by Gasteiger charge is 2.37. The molecule has 0 atom stereocenters. The summed E-state index contributed by atoms with van der Waals surface area (Å²) < 4.78 is 0. The van der Waals surface area contributed by atoms with Gasteiger partial charge in [-0.05, 0) is 56.2 Å². The number of aromatic nitrogens is 1. The van der Waals surface area contributed by atoms with Crippen LogP contribution in [0.1, 0.15) is 47.1 Å². The Labute approximate surface area is 165 Å². The van der Waals surface area contributed by atoms with Gasteiger partial charge in [-0.25, -0.2) is 9.88 Å². The zero-order valence-electron chi connectivity index (χ0n) is 15.6. The van der Waals surface area contributed by atoms with Crippen LogP contribution in [0.3, 0.4) is 0 Å². The van der Waals surface area contributed by atoms with Crippen LogP contribution < -0.4 is 10.2 Å². The highest BCUT2D eigenvalue weighted by Crippen LogP contribution is 2.32. The van der Waals surface area contributed by atoms with E-state index in [9.17, 15) is 14.4 Å². The molecule has 28 heavy (non-hydrogen) atoms. The van der Waals surface area contributed by atoms with Gasteiger partial charge in [-0.2, -0.15) is 0 Å². The normalized spacial score (nSPS) is 13.0. The number of amides is 3. The molecule has 1 N–H and O–H groups in total. The second-order valence-corrected chi connectivity index (χ2v) is 7.89. The first kappa shape index (κ1) is 18.1. The molecule has 2 heterocycles. The lowest BCUT2D eigenvalue weighted by Gasteiger charge is -2.17. The fourth-order valence-electron chi connectivity index (χ4n) is 3.16. The summed E-state index contributed by atoms with van der Waals surface area (Å²) in [5, 5.41) is 3.20. The van der Waals surface area contributed by atoms with Gasteiger partial charge in [0.15, 0.2) is 5.13 Å². The average molecular weight is 391 g/mol. The molecule has 4 rings (SSSR count). The fraction of sp³-hybridized carbons (Fsp3) is 0.143. The van der Waals surface area contributed by atoms with Gasteiger partial charge in [-0.1, -0.05) is 12.1 Å². The molecule has 3 amide bonds. The van der Waals surface area contributed by atoms with Crippen molar-refractivity contribution in [3.05, 3.63) is 75.3 Å². The van der Waals surface area contributed by atoms with E-state index in [1.165, 1.54) is 28.4 Å². The lowest BCUT2D eigenvalue weighted by atomic mass is 10.1. The minimum Gasteiger partial charge on any atom is -0.298 e. The second kappa shape index (κ2) is 6.69. The Morgan fingerprint density at radius 3 is 2.50 bits per heavy atom. The van der Waals surface area contributed by atoms with Crippen molar-refractivity contribution in [3.63, 3.8) is 0 Å². The Balaban J connectivity index is 1.67. The largest absolute Gasteiger partial charge is 0.298 e. The van der Waals surface area contributed by atoms with Crippen molar-refractivity contribution in [3.8, 4) is 0 Å². The molecular formula is C21H17N3O3S. The van der Waals surface area contributed by atoms with Crippen molar-refractivity contribution in [2.45, 2.75) is 20.8 Å². The van der Waals surface area contributed by atoms with Gasteiger partial charge in [-0.15, -0.1) is 11.3 Å². The van der Waals surface area contributed by atoms with Crippen LogP contribution in [0.2, 0.25) is 0 Å². The van der Waals surface area contributed by atoms with E-state index in [-0.39, 0.29) is 17.4 Å². The Bertz CT molecular complexity index is 1150. The fourth-order valence-corrected chi connectivity index (χ4v) is 3.82. The van der Waals surface area contributed by atoms with Crippen molar-refractivity contribution >= 4 is 39.9 Å². The number of hydrogen-bond acceptors (Lipinski definition) is 5. The van der Waals surface area contributed by atoms with Crippen LogP contribution in [-0.4, -0.2) is 22.7 Å². The maximum atomic E-state index is 13.0. The maximum absolute atomic E-state index is 13.0. The summed E-state index contributed by atoms with van der Waals surface area (Å²) >= 11 is 1.37. The molecule has 0 unspecified atom stereocenters. The van der Waals surface area contributed by atoms with E-state index in [2.05, 4.69) is 10.3 Å². The van der Waals surface area contributed by atoms with Gasteiger partial charge in [0.1, 0.15) is 0 Å². The summed E-state index contributed by atoms with van der Waals surface area (Å²) in [6, 6.07) is 10.0. The monoisotopic (exact) mass is 391 g/mol. The molecular weight excluding hydrogens is 374 g/mol. The molecule has 7 heteroatoms. The van der Waals surface area contributed by atoms with Gasteiger partial charge in [-0.3, -0.25) is 19.7 Å². The first-order valence-electron chi connectivity index (χ1n) is 8.69. The van der Waals surface area contributed by atoms with E-state index in [4.69, 9.17) is 0 Å². The molecule has 0 fully saturated rings. The highest BCUT2D eigenvalue weighted by molar-refractivity contribution is 7.15. The third kappa shape index (κ3) is 2.90. The topological polar surface area (TPSA) is 79.4 Å². The number of fused-ring (bicyclic) bond motifs is 1. The molecule has 2 aromatic carbocycles. The Hall–Kier alpha value is -3.32. The number of thiazole rings is 1. The van der Waals surface area contributed by atoms with Gasteiger partial charge in [0.25, 0.3) is 17.7 Å². The Kier molecular flexibility index (Phi) is 4.31. The lowest BCUT2D eigenvalue weighted by Crippen LogP contribution is -2.30. The first-order valence-corrected chi connectivity index (χ1v) is 9.51. The van der Waals surface area contributed by atoms with Crippen LogP contribution in [0.4, 0.5) is 10.8 Å². The predicted molar refractivity (Wildman–Crippen MR) is 108 cm³/mol. The molecule has 1 aliphatic heterocycles. The van der Waals surface area contributed by atoms with Crippen molar-refractivity contribution in [2.75, 3.05) is 10.2 Å². The van der Waals surface area contributed by atoms with Crippen molar-refractivity contribution < 1.29 is 14.4 Å². The molecule has 0 radical (unpaired) electrons. The number of aryl methyl sites for hydroxylation is 2. The molecule has 0 saturated heterocycles. The molecule has 3 aromatic rings. The maximum Gasteiger partial charge on any atom is 0.266 e. The van der Waals surface area contributed by atoms with Crippen LogP contribution in [0, 0.1) is 20.8 Å². The van der Waals surface area contributed by atoms with Crippen LogP contribution >= 0.6 is 11.3 Å². The summed E-state index contributed by atoms with van der Waals surface area (Å²) in [7, 11) is 0. The van der Waals surface area contributed by atoms with Gasteiger partial charge in [0.05, 0.1) is 16.8 Å². The van der Waals surface area contributed by atoms with E-state index in [0.717, 1.165) is 16.0 Å². The molecule has 140 valence electrons. The predicted octanol–water partition coefficient (Wildman–Crippen LogP) is 4.12. The van der Waals surface area contributed by atoms with Gasteiger partial charge < -0.3 is 0 Å². The number of rotatable bonds is 3. The van der Waals surface area contributed by atoms with Gasteiger partial charge in [0, 0.05) is 16.6 Å². The highest BCUT2D eigenvalue weighted by atomic mass is 32.1. The summed E-state index contributed by atoms with van der Waals surface area (Å²) in [5.41, 5.74) is 3.26. The van der Waals surface area contributed by atoms with Crippen LogP contribution in [-0.2, 0) is 0 Å². The van der Waals surface area contributed by atoms with Gasteiger partial charge >= 0.3 is 0 Å². The zero-order chi connectivity index (χ0) is 20.0. The summed E-state index contributed by atoms with van der Waals surface area (Å²) in [4.78, 5) is 44.6. The van der Waals surface area contributed by atoms with E-state index in [1.54, 1.807) is 18.3 Å². The summed E-state index contributed by atoms with van der Waals surface area (Å²) in [6.07, 6.45) is 1.67. The van der Waals surface area contributed by atoms with Gasteiger partial charge in [0.2, 0.25) is 0 Å². The first-order chi connectivity index (χ1) is 13.4. The van der Waals surface area contributed by atoms with E-state index < -0.39 is 5.91 Å². The minimum absolute atomic E-state index is 0.230. The van der Waals surface area contributed by atoms with E-state index in [1.807, 2.05) is 32.9 Å². The molecule has 1 aliphatic rings. The molecule has 0 aliphatic carbocycles. The smallest absolute Gasteiger partial charge is 0.266 e. The standard InChI is InChI=1S/C21H17N3O3S/c1-11-5-4-6-17(13(11)3)24-19(26)15-8-7-14(9-16(15)20(24)27)18(25)23-21-22-10-12(2)28-21/h4-10H,1-3H3,(H,22,23,25). The molecule has 0 spiro atoms. The summed E-state index contributed by atoms with van der Waals surface area (Å²) in [6.45, 7) is 5.71. The number of benzene rings is 2. The third-order valence-electron chi connectivity index (χ3n) is 4.81. The average Bonchev–Trinajstić information content (AvgIpc) is 3.19. The van der Waals surface area contributed by atoms with Crippen LogP contribution in [0.5, 0.6) is 0 Å². The number of carbonyl (C=O) groups excluding carboxylic acids is 3. The number of hydrogen-bond donors (Lipinski definition) is 1. The quantitative estimate of drug-likeness (QED) is 0.681. The van der Waals surface area contributed by atoms with Crippen molar-refractivity contribution in [2.24, 2.45) is 0 Å².